The average Bonchev–Trinajstić information content (AvgIpc) is 1.60. The number of phenols is 2. The van der Waals surface area contributed by atoms with E-state index in [0.717, 1.165) is 125 Å². The van der Waals surface area contributed by atoms with Gasteiger partial charge in [-0.05, 0) is 138 Å². The molecule has 0 amide bonds. The molecule has 0 aliphatic heterocycles. The topological polar surface area (TPSA) is 102 Å². The summed E-state index contributed by atoms with van der Waals surface area (Å²) < 4.78 is 4.26. The van der Waals surface area contributed by atoms with Gasteiger partial charge in [0.05, 0.1) is 32.5 Å². The smallest absolute Gasteiger partial charge is 0.143 e. The van der Waals surface area contributed by atoms with Gasteiger partial charge >= 0.3 is 0 Å². The minimum Gasteiger partial charge on any atom is -0.506 e. The minimum absolute atomic E-state index is 0. The normalized spacial score (nSPS) is 12.3. The molecule has 0 aliphatic rings. The number of phenolic OH excluding ortho intramolecular Hbond substituents is 2. The maximum Gasteiger partial charge on any atom is 0.143 e. The first-order valence-corrected chi connectivity index (χ1v) is 36.9. The molecule has 0 radical (unpaired) electrons. The van der Waals surface area contributed by atoms with Crippen molar-refractivity contribution in [2.24, 2.45) is 0 Å². The second kappa shape index (κ2) is 29.5. The number of pyridine rings is 4. The quantitative estimate of drug-likeness (QED) is 0.131. The zero-order valence-corrected chi connectivity index (χ0v) is 69.0. The van der Waals surface area contributed by atoms with Crippen molar-refractivity contribution in [1.82, 2.24) is 29.1 Å². The average molecular weight is 1770 g/mol. The predicted molar refractivity (Wildman–Crippen MR) is 429 cm³/mol. The van der Waals surface area contributed by atoms with Crippen molar-refractivity contribution in [3.63, 3.8) is 0 Å². The summed E-state index contributed by atoms with van der Waals surface area (Å²) in [6.45, 7) is 40.1. The first-order valence-electron chi connectivity index (χ1n) is 35.3. The van der Waals surface area contributed by atoms with Crippen LogP contribution in [0.3, 0.4) is 0 Å². The first kappa shape index (κ1) is 76.8. The number of hydrogen-bond donors (Lipinski definition) is 2. The van der Waals surface area contributed by atoms with Crippen LogP contribution in [0.25, 0.3) is 100 Å². The summed E-state index contributed by atoms with van der Waals surface area (Å²) in [5.41, 5.74) is 19.3. The third kappa shape index (κ3) is 16.1. The van der Waals surface area contributed by atoms with Crippen molar-refractivity contribution >= 4 is 67.4 Å². The van der Waals surface area contributed by atoms with Gasteiger partial charge in [-0.3, -0.25) is 19.1 Å². The van der Waals surface area contributed by atoms with Crippen molar-refractivity contribution in [1.29, 1.82) is 0 Å². The van der Waals surface area contributed by atoms with Gasteiger partial charge in [-0.25, -0.2) is 9.97 Å². The second-order valence-electron chi connectivity index (χ2n) is 33.1. The van der Waals surface area contributed by atoms with Crippen LogP contribution in [0.2, 0.25) is 0 Å². The van der Waals surface area contributed by atoms with Crippen molar-refractivity contribution < 1.29 is 52.3 Å². The molecule has 0 fully saturated rings. The molecule has 0 spiro atoms. The number of para-hydroxylation sites is 3. The molecular weight excluding hydrogens is 1680 g/mol. The summed E-state index contributed by atoms with van der Waals surface area (Å²) in [6, 6.07) is 79.2. The van der Waals surface area contributed by atoms with Crippen molar-refractivity contribution in [2.45, 2.75) is 177 Å². The van der Waals surface area contributed by atoms with Crippen LogP contribution < -0.4 is 0 Å². The fourth-order valence-electron chi connectivity index (χ4n) is 13.2. The Labute approximate surface area is 652 Å². The monoisotopic (exact) mass is 1770 g/mol. The Morgan fingerprint density at radius 3 is 1.38 bits per heavy atom. The molecule has 0 unspecified atom stereocenters. The number of benzene rings is 8. The molecule has 8 aromatic carbocycles. The van der Waals surface area contributed by atoms with Gasteiger partial charge in [-0.2, -0.15) is 0 Å². The van der Waals surface area contributed by atoms with Crippen LogP contribution >= 0.6 is 23.5 Å². The Morgan fingerprint density at radius 1 is 0.346 bits per heavy atom. The molecule has 0 bridgehead atoms. The van der Waals surface area contributed by atoms with Crippen LogP contribution in [0, 0.1) is 12.1 Å². The number of rotatable bonds is 10. The first-order chi connectivity index (χ1) is 48.1. The van der Waals surface area contributed by atoms with E-state index in [1.165, 1.54) is 22.3 Å². The fourth-order valence-corrected chi connectivity index (χ4v) is 14.9. The van der Waals surface area contributed by atoms with Gasteiger partial charge in [-0.1, -0.05) is 285 Å². The van der Waals surface area contributed by atoms with E-state index in [-0.39, 0.29) is 86.1 Å². The Kier molecular flexibility index (Phi) is 21.8. The summed E-state index contributed by atoms with van der Waals surface area (Å²) in [4.78, 5) is 22.4. The van der Waals surface area contributed by atoms with Crippen molar-refractivity contribution in [3.8, 4) is 67.6 Å². The summed E-state index contributed by atoms with van der Waals surface area (Å²) in [5.74, 6) is 0.500. The molecule has 536 valence electrons. The maximum absolute atomic E-state index is 12.0. The SMILES string of the molecule is CC(C)(C)c1cc(Sc2cc(-c3ccccc3)ccn2)[c-]c(-c2ccc3c4ccccc4n(-c4cc(C(C)(C)C)cc(C(C)(C)C)c4O)c3n2)c1.CC(C)(C)c1cc(Sc2cc(-c3ccccc3)ccn2)[c-]c(-c2nc3c(cc2C(C)(C)C)c2cc(C(C)(C)C)ccc2n3-c2ccccc2O)c1.[Pt].[Pt]. The van der Waals surface area contributed by atoms with Gasteiger partial charge in [0.2, 0.25) is 0 Å². The van der Waals surface area contributed by atoms with Crippen LogP contribution in [0.5, 0.6) is 11.5 Å². The number of nitrogens with zero attached hydrogens (tertiary/aromatic N) is 6. The van der Waals surface area contributed by atoms with Crippen molar-refractivity contribution in [3.05, 3.63) is 264 Å². The Balaban J connectivity index is 0.000000204. The summed E-state index contributed by atoms with van der Waals surface area (Å²) in [7, 11) is 0. The third-order valence-corrected chi connectivity index (χ3v) is 20.9. The van der Waals surface area contributed by atoms with Gasteiger partial charge in [0.1, 0.15) is 22.8 Å². The molecule has 12 heteroatoms. The van der Waals surface area contributed by atoms with Crippen molar-refractivity contribution in [2.75, 3.05) is 0 Å². The molecule has 8 nitrogen and oxygen atoms in total. The summed E-state index contributed by atoms with van der Waals surface area (Å²) >= 11 is 3.25. The number of aromatic nitrogens is 6. The number of aromatic hydroxyl groups is 2. The second-order valence-corrected chi connectivity index (χ2v) is 35.2. The van der Waals surface area contributed by atoms with E-state index in [9.17, 15) is 10.2 Å². The molecule has 104 heavy (non-hydrogen) atoms. The van der Waals surface area contributed by atoms with Crippen LogP contribution in [-0.2, 0) is 74.6 Å². The standard InChI is InChI=1S/2C46H46N3OS.2Pt/c1-44(2,3)32-23-31(24-34(26-32)51-41-25-30(21-22-47-41)29-15-11-10-12-16-29)38-20-19-36-35-17-13-14-18-39(35)49(43(36)48-38)40-28-33(45(4,5)6)27-37(42(40)50)46(7,8)9;1-44(2,3)32-19-20-38-35(27-32)36-28-37(46(7,8)9)42(48-43(36)49(38)39-17-13-14-18-40(39)50)31-23-33(45(4,5)6)26-34(24-31)51-41-25-30(21-22-47-41)29-15-11-10-12-16-29;;/h2*10-23,25-28,50H,1-9H3;;/q2*-1;;. The van der Waals surface area contributed by atoms with E-state index in [1.54, 1.807) is 29.6 Å². The maximum atomic E-state index is 12.0. The van der Waals surface area contributed by atoms with E-state index in [0.29, 0.717) is 5.69 Å². The molecule has 6 heterocycles. The zero-order valence-electron chi connectivity index (χ0n) is 62.8. The van der Waals surface area contributed by atoms with Crippen LogP contribution in [-0.4, -0.2) is 39.3 Å². The number of hydrogen-bond acceptors (Lipinski definition) is 8. The molecule has 0 saturated carbocycles. The van der Waals surface area contributed by atoms with Gasteiger partial charge in [0.15, 0.2) is 0 Å². The minimum atomic E-state index is -0.261. The predicted octanol–water partition coefficient (Wildman–Crippen LogP) is 24.9. The molecule has 0 atom stereocenters. The molecular formula is C92H92N6O2Pt2S2-2. The van der Waals surface area contributed by atoms with E-state index in [4.69, 9.17) is 19.9 Å². The Bertz CT molecular complexity index is 5500. The summed E-state index contributed by atoms with van der Waals surface area (Å²) in [5, 5.41) is 29.4. The van der Waals surface area contributed by atoms with Gasteiger partial charge in [-0.15, -0.1) is 58.7 Å². The largest absolute Gasteiger partial charge is 0.506 e. The molecule has 14 aromatic rings. The van der Waals surface area contributed by atoms with E-state index < -0.39 is 0 Å². The van der Waals surface area contributed by atoms with E-state index in [1.807, 2.05) is 42.7 Å². The number of fused-ring (bicyclic) bond motifs is 6. The van der Waals surface area contributed by atoms with Gasteiger partial charge in [0, 0.05) is 81.6 Å². The van der Waals surface area contributed by atoms with Gasteiger partial charge < -0.3 is 10.2 Å². The van der Waals surface area contributed by atoms with E-state index in [2.05, 4.69) is 316 Å². The molecule has 2 N–H and O–H groups in total. The molecule has 0 aliphatic carbocycles. The zero-order chi connectivity index (χ0) is 72.6. The molecule has 0 saturated heterocycles. The summed E-state index contributed by atoms with van der Waals surface area (Å²) in [6.07, 6.45) is 3.76. The molecule has 6 aromatic heterocycles. The van der Waals surface area contributed by atoms with E-state index >= 15 is 0 Å². The third-order valence-electron chi connectivity index (χ3n) is 19.1. The van der Waals surface area contributed by atoms with Crippen LogP contribution in [0.4, 0.5) is 0 Å². The Morgan fingerprint density at radius 2 is 0.827 bits per heavy atom. The van der Waals surface area contributed by atoms with Crippen LogP contribution in [0.15, 0.2) is 238 Å². The molecule has 14 rings (SSSR count). The van der Waals surface area contributed by atoms with Crippen LogP contribution in [0.1, 0.15) is 158 Å². The Hall–Kier alpha value is -8.36. The fraction of sp³-hybridized carbons (Fsp3) is 0.261. The van der Waals surface area contributed by atoms with Gasteiger partial charge in [0.25, 0.3) is 0 Å².